The average molecular weight is 258 g/mol. The van der Waals surface area contributed by atoms with Crippen LogP contribution >= 0.6 is 0 Å². The SMILES string of the molecule is Cc1[nH]c(CCO)nc1-c1ccc2c(c1)CCCO2. The number of aromatic amines is 1. The molecule has 0 aliphatic carbocycles. The Hall–Kier alpha value is -1.81. The molecule has 0 radical (unpaired) electrons. The predicted molar refractivity (Wildman–Crippen MR) is 73.4 cm³/mol. The largest absolute Gasteiger partial charge is 0.493 e. The lowest BCUT2D eigenvalue weighted by molar-refractivity contribution is 0.288. The Bertz CT molecular complexity index is 590. The van der Waals surface area contributed by atoms with Crippen molar-refractivity contribution >= 4 is 0 Å². The summed E-state index contributed by atoms with van der Waals surface area (Å²) in [7, 11) is 0. The van der Waals surface area contributed by atoms with Crippen molar-refractivity contribution in [3.63, 3.8) is 0 Å². The van der Waals surface area contributed by atoms with Crippen molar-refractivity contribution in [3.8, 4) is 17.0 Å². The van der Waals surface area contributed by atoms with Crippen LogP contribution in [-0.4, -0.2) is 28.3 Å². The number of nitrogens with zero attached hydrogens (tertiary/aromatic N) is 1. The summed E-state index contributed by atoms with van der Waals surface area (Å²) in [5.41, 5.74) is 4.38. The lowest BCUT2D eigenvalue weighted by atomic mass is 10.0. The number of benzene rings is 1. The first kappa shape index (κ1) is 12.2. The van der Waals surface area contributed by atoms with Crippen molar-refractivity contribution in [2.45, 2.75) is 26.2 Å². The van der Waals surface area contributed by atoms with E-state index in [-0.39, 0.29) is 6.61 Å². The highest BCUT2D eigenvalue weighted by molar-refractivity contribution is 5.64. The number of hydrogen-bond acceptors (Lipinski definition) is 3. The molecule has 100 valence electrons. The fourth-order valence-electron chi connectivity index (χ4n) is 2.54. The van der Waals surface area contributed by atoms with Gasteiger partial charge in [0.15, 0.2) is 0 Å². The van der Waals surface area contributed by atoms with Crippen LogP contribution in [-0.2, 0) is 12.8 Å². The van der Waals surface area contributed by atoms with Gasteiger partial charge in [0.1, 0.15) is 11.6 Å². The number of fused-ring (bicyclic) bond motifs is 1. The summed E-state index contributed by atoms with van der Waals surface area (Å²) in [6.07, 6.45) is 2.71. The molecule has 3 rings (SSSR count). The first-order valence-electron chi connectivity index (χ1n) is 6.70. The van der Waals surface area contributed by atoms with Crippen molar-refractivity contribution in [2.24, 2.45) is 0 Å². The molecule has 0 spiro atoms. The number of H-pyrrole nitrogens is 1. The highest BCUT2D eigenvalue weighted by Crippen LogP contribution is 2.30. The topological polar surface area (TPSA) is 58.1 Å². The molecule has 0 saturated heterocycles. The number of aromatic nitrogens is 2. The van der Waals surface area contributed by atoms with Gasteiger partial charge >= 0.3 is 0 Å². The summed E-state index contributed by atoms with van der Waals surface area (Å²) in [4.78, 5) is 7.78. The summed E-state index contributed by atoms with van der Waals surface area (Å²) in [6, 6.07) is 6.25. The molecule has 0 unspecified atom stereocenters. The first-order valence-corrected chi connectivity index (χ1v) is 6.70. The van der Waals surface area contributed by atoms with Crippen molar-refractivity contribution in [1.82, 2.24) is 9.97 Å². The number of aliphatic hydroxyl groups is 1. The summed E-state index contributed by atoms with van der Waals surface area (Å²) in [5, 5.41) is 8.97. The monoisotopic (exact) mass is 258 g/mol. The molecular formula is C15H18N2O2. The second-order valence-electron chi connectivity index (χ2n) is 4.91. The van der Waals surface area contributed by atoms with Gasteiger partial charge in [-0.1, -0.05) is 0 Å². The van der Waals surface area contributed by atoms with Crippen LogP contribution in [0.25, 0.3) is 11.3 Å². The Kier molecular flexibility index (Phi) is 3.25. The van der Waals surface area contributed by atoms with E-state index in [2.05, 4.69) is 22.1 Å². The first-order chi connectivity index (χ1) is 9.28. The second kappa shape index (κ2) is 5.05. The molecule has 2 N–H and O–H groups in total. The maximum Gasteiger partial charge on any atom is 0.122 e. The van der Waals surface area contributed by atoms with Gasteiger partial charge in [-0.2, -0.15) is 0 Å². The minimum Gasteiger partial charge on any atom is -0.493 e. The van der Waals surface area contributed by atoms with Gasteiger partial charge in [0.2, 0.25) is 0 Å². The Morgan fingerprint density at radius 3 is 3.16 bits per heavy atom. The zero-order chi connectivity index (χ0) is 13.2. The average Bonchev–Trinajstić information content (AvgIpc) is 2.79. The highest BCUT2D eigenvalue weighted by atomic mass is 16.5. The Labute approximate surface area is 112 Å². The molecule has 2 heterocycles. The van der Waals surface area contributed by atoms with E-state index in [4.69, 9.17) is 9.84 Å². The third-order valence-electron chi connectivity index (χ3n) is 3.46. The summed E-state index contributed by atoms with van der Waals surface area (Å²) in [6.45, 7) is 2.94. The second-order valence-corrected chi connectivity index (χ2v) is 4.91. The number of nitrogens with one attached hydrogen (secondary N) is 1. The van der Waals surface area contributed by atoms with Crippen LogP contribution in [0.2, 0.25) is 0 Å². The van der Waals surface area contributed by atoms with Gasteiger partial charge in [0.05, 0.1) is 18.9 Å². The van der Waals surface area contributed by atoms with Crippen molar-refractivity contribution in [3.05, 3.63) is 35.3 Å². The fraction of sp³-hybridized carbons (Fsp3) is 0.400. The van der Waals surface area contributed by atoms with Crippen molar-refractivity contribution in [2.75, 3.05) is 13.2 Å². The van der Waals surface area contributed by atoms with Gasteiger partial charge in [-0.3, -0.25) is 0 Å². The fourth-order valence-corrected chi connectivity index (χ4v) is 2.54. The van der Waals surface area contributed by atoms with Crippen LogP contribution in [0, 0.1) is 6.92 Å². The van der Waals surface area contributed by atoms with Crippen LogP contribution in [0.1, 0.15) is 23.5 Å². The highest BCUT2D eigenvalue weighted by Gasteiger charge is 2.14. The summed E-state index contributed by atoms with van der Waals surface area (Å²) >= 11 is 0. The molecule has 4 nitrogen and oxygen atoms in total. The summed E-state index contributed by atoms with van der Waals surface area (Å²) in [5.74, 6) is 1.84. The standard InChI is InChI=1S/C15H18N2O2/c1-10-15(17-14(16-10)6-7-18)12-4-5-13-11(9-12)3-2-8-19-13/h4-5,9,18H,2-3,6-8H2,1H3,(H,16,17). The number of aryl methyl sites for hydroxylation is 2. The van der Waals surface area contributed by atoms with Gasteiger partial charge in [-0.15, -0.1) is 0 Å². The third-order valence-corrected chi connectivity index (χ3v) is 3.46. The molecular weight excluding hydrogens is 240 g/mol. The molecule has 2 aromatic rings. The molecule has 0 saturated carbocycles. The van der Waals surface area contributed by atoms with E-state index in [1.807, 2.05) is 13.0 Å². The third kappa shape index (κ3) is 2.36. The molecule has 1 aromatic heterocycles. The Morgan fingerprint density at radius 2 is 2.32 bits per heavy atom. The number of imidazole rings is 1. The van der Waals surface area contributed by atoms with Crippen LogP contribution in [0.4, 0.5) is 0 Å². The molecule has 1 aliphatic rings. The lowest BCUT2D eigenvalue weighted by Gasteiger charge is -2.17. The summed E-state index contributed by atoms with van der Waals surface area (Å²) < 4.78 is 5.63. The molecule has 1 aliphatic heterocycles. The van der Waals surface area contributed by atoms with E-state index in [1.54, 1.807) is 0 Å². The molecule has 0 amide bonds. The molecule has 4 heteroatoms. The molecule has 1 aromatic carbocycles. The van der Waals surface area contributed by atoms with Crippen LogP contribution in [0.3, 0.4) is 0 Å². The van der Waals surface area contributed by atoms with E-state index in [9.17, 15) is 0 Å². The van der Waals surface area contributed by atoms with Crippen LogP contribution < -0.4 is 4.74 Å². The van der Waals surface area contributed by atoms with Crippen molar-refractivity contribution < 1.29 is 9.84 Å². The van der Waals surface area contributed by atoms with Gasteiger partial charge in [0, 0.05) is 17.7 Å². The number of hydrogen-bond donors (Lipinski definition) is 2. The quantitative estimate of drug-likeness (QED) is 0.887. The van der Waals surface area contributed by atoms with E-state index >= 15 is 0 Å². The lowest BCUT2D eigenvalue weighted by Crippen LogP contribution is -2.08. The number of rotatable bonds is 3. The maximum atomic E-state index is 8.97. The van der Waals surface area contributed by atoms with Gasteiger partial charge < -0.3 is 14.8 Å². The van der Waals surface area contributed by atoms with E-state index < -0.39 is 0 Å². The van der Waals surface area contributed by atoms with Gasteiger partial charge in [0.25, 0.3) is 0 Å². The number of ether oxygens (including phenoxy) is 1. The van der Waals surface area contributed by atoms with Gasteiger partial charge in [-0.25, -0.2) is 4.98 Å². The zero-order valence-corrected chi connectivity index (χ0v) is 11.1. The van der Waals surface area contributed by atoms with Crippen LogP contribution in [0.15, 0.2) is 18.2 Å². The smallest absolute Gasteiger partial charge is 0.122 e. The normalized spacial score (nSPS) is 14.0. The molecule has 0 atom stereocenters. The maximum absolute atomic E-state index is 8.97. The van der Waals surface area contributed by atoms with E-state index in [0.717, 1.165) is 48.0 Å². The molecule has 0 bridgehead atoms. The van der Waals surface area contributed by atoms with E-state index in [0.29, 0.717) is 6.42 Å². The predicted octanol–water partition coefficient (Wildman–Crippen LogP) is 2.24. The van der Waals surface area contributed by atoms with Crippen molar-refractivity contribution in [1.29, 1.82) is 0 Å². The molecule has 0 fully saturated rings. The minimum absolute atomic E-state index is 0.115. The Balaban J connectivity index is 1.97. The minimum atomic E-state index is 0.115. The van der Waals surface area contributed by atoms with Crippen LogP contribution in [0.5, 0.6) is 5.75 Å². The zero-order valence-electron chi connectivity index (χ0n) is 11.1. The molecule has 19 heavy (non-hydrogen) atoms. The Morgan fingerprint density at radius 1 is 1.42 bits per heavy atom. The van der Waals surface area contributed by atoms with Gasteiger partial charge in [-0.05, 0) is 43.5 Å². The number of aliphatic hydroxyl groups excluding tert-OH is 1. The van der Waals surface area contributed by atoms with E-state index in [1.165, 1.54) is 5.56 Å².